The van der Waals surface area contributed by atoms with Gasteiger partial charge in [0.1, 0.15) is 0 Å². The number of aromatic amines is 1. The van der Waals surface area contributed by atoms with E-state index in [2.05, 4.69) is 26.1 Å². The number of fused-ring (bicyclic) bond motifs is 1. The predicted octanol–water partition coefficient (Wildman–Crippen LogP) is 2.75. The smallest absolute Gasteiger partial charge is 0.256 e. The number of hydrogen-bond donors (Lipinski definition) is 4. The van der Waals surface area contributed by atoms with Crippen LogP contribution in [0.15, 0.2) is 48.5 Å². The Morgan fingerprint density at radius 1 is 1.00 bits per heavy atom. The number of rotatable bonds is 4. The molecule has 0 saturated carbocycles. The van der Waals surface area contributed by atoms with Crippen molar-refractivity contribution < 1.29 is 9.59 Å². The maximum atomic E-state index is 12.5. The van der Waals surface area contributed by atoms with E-state index < -0.39 is 0 Å². The Kier molecular flexibility index (Phi) is 4.84. The zero-order valence-corrected chi connectivity index (χ0v) is 14.8. The molecule has 1 aliphatic heterocycles. The van der Waals surface area contributed by atoms with E-state index in [1.54, 1.807) is 12.1 Å². The van der Waals surface area contributed by atoms with Crippen LogP contribution in [-0.2, 0) is 4.79 Å². The minimum atomic E-state index is -0.229. The van der Waals surface area contributed by atoms with E-state index >= 15 is 0 Å². The zero-order chi connectivity index (χ0) is 18.6. The first-order valence-corrected chi connectivity index (χ1v) is 9.07. The molecule has 7 heteroatoms. The fourth-order valence-electron chi connectivity index (χ4n) is 3.28. The minimum Gasteiger partial charge on any atom is -0.326 e. The summed E-state index contributed by atoms with van der Waals surface area (Å²) in [5, 5.41) is 16.9. The molecule has 0 aliphatic carbocycles. The highest BCUT2D eigenvalue weighted by Crippen LogP contribution is 2.25. The fraction of sp³-hybridized carbons (Fsp3) is 0.250. The van der Waals surface area contributed by atoms with E-state index in [4.69, 9.17) is 0 Å². The van der Waals surface area contributed by atoms with Crippen molar-refractivity contribution in [2.45, 2.75) is 12.8 Å². The lowest BCUT2D eigenvalue weighted by molar-refractivity contribution is -0.120. The first kappa shape index (κ1) is 17.2. The Morgan fingerprint density at radius 2 is 1.78 bits per heavy atom. The number of hydrogen-bond acceptors (Lipinski definition) is 4. The molecule has 4 N–H and O–H groups in total. The summed E-state index contributed by atoms with van der Waals surface area (Å²) in [6.07, 6.45) is 1.69. The molecule has 138 valence electrons. The minimum absolute atomic E-state index is 0.0311. The van der Waals surface area contributed by atoms with Crippen LogP contribution in [-0.4, -0.2) is 35.1 Å². The van der Waals surface area contributed by atoms with Crippen LogP contribution in [0.3, 0.4) is 0 Å². The highest BCUT2D eigenvalue weighted by Gasteiger charge is 2.21. The second kappa shape index (κ2) is 7.59. The van der Waals surface area contributed by atoms with Crippen LogP contribution in [0.2, 0.25) is 0 Å². The van der Waals surface area contributed by atoms with Gasteiger partial charge in [0.25, 0.3) is 5.91 Å². The Hall–Kier alpha value is -3.19. The third-order valence-electron chi connectivity index (χ3n) is 4.81. The second-order valence-electron chi connectivity index (χ2n) is 6.67. The molecule has 0 bridgehead atoms. The Morgan fingerprint density at radius 3 is 2.56 bits per heavy atom. The first-order valence-electron chi connectivity index (χ1n) is 9.07. The van der Waals surface area contributed by atoms with E-state index in [9.17, 15) is 9.59 Å². The number of benzene rings is 2. The highest BCUT2D eigenvalue weighted by atomic mass is 16.2. The molecule has 1 aliphatic rings. The maximum Gasteiger partial charge on any atom is 0.256 e. The molecular formula is C20H21N5O2. The molecule has 3 aromatic rings. The number of anilines is 2. The van der Waals surface area contributed by atoms with Crippen LogP contribution in [0.5, 0.6) is 0 Å². The van der Waals surface area contributed by atoms with Crippen molar-refractivity contribution in [3.63, 3.8) is 0 Å². The number of amides is 2. The van der Waals surface area contributed by atoms with Gasteiger partial charge in [-0.2, -0.15) is 5.10 Å². The van der Waals surface area contributed by atoms with Crippen LogP contribution in [0.1, 0.15) is 23.2 Å². The summed E-state index contributed by atoms with van der Waals surface area (Å²) in [5.74, 6) is 0.280. The van der Waals surface area contributed by atoms with Crippen LogP contribution in [0, 0.1) is 5.92 Å². The molecule has 0 atom stereocenters. The SMILES string of the molecule is O=C(Nc1n[nH]c2ccc(NC(=O)C3CCNCC3)cc12)c1ccccc1. The lowest BCUT2D eigenvalue weighted by atomic mass is 9.97. The Bertz CT molecular complexity index is 961. The van der Waals surface area contributed by atoms with Gasteiger partial charge < -0.3 is 16.0 Å². The quantitative estimate of drug-likeness (QED) is 0.573. The number of piperidine rings is 1. The van der Waals surface area contributed by atoms with Gasteiger partial charge in [-0.15, -0.1) is 0 Å². The van der Waals surface area contributed by atoms with Gasteiger partial charge in [-0.05, 0) is 56.3 Å². The molecule has 2 amide bonds. The Balaban J connectivity index is 1.52. The molecule has 1 saturated heterocycles. The average Bonchev–Trinajstić information content (AvgIpc) is 3.11. The summed E-state index contributed by atoms with van der Waals surface area (Å²) >= 11 is 0. The topological polar surface area (TPSA) is 98.9 Å². The van der Waals surface area contributed by atoms with Crippen molar-refractivity contribution in [3.05, 3.63) is 54.1 Å². The third kappa shape index (κ3) is 3.83. The molecule has 4 rings (SSSR count). The monoisotopic (exact) mass is 363 g/mol. The van der Waals surface area contributed by atoms with E-state index in [0.717, 1.165) is 36.8 Å². The maximum absolute atomic E-state index is 12.5. The summed E-state index contributed by atoms with van der Waals surface area (Å²) in [6.45, 7) is 1.74. The molecule has 0 unspecified atom stereocenters. The highest BCUT2D eigenvalue weighted by molar-refractivity contribution is 6.08. The van der Waals surface area contributed by atoms with Crippen molar-refractivity contribution in [3.8, 4) is 0 Å². The van der Waals surface area contributed by atoms with E-state index in [0.29, 0.717) is 17.1 Å². The van der Waals surface area contributed by atoms with E-state index in [1.807, 2.05) is 36.4 Å². The Labute approximate surface area is 156 Å². The van der Waals surface area contributed by atoms with Gasteiger partial charge in [0, 0.05) is 22.6 Å². The zero-order valence-electron chi connectivity index (χ0n) is 14.8. The summed E-state index contributed by atoms with van der Waals surface area (Å²) in [4.78, 5) is 24.8. The van der Waals surface area contributed by atoms with Crippen molar-refractivity contribution in [2.75, 3.05) is 23.7 Å². The summed E-state index contributed by atoms with van der Waals surface area (Å²) < 4.78 is 0. The molecule has 7 nitrogen and oxygen atoms in total. The molecule has 1 aromatic heterocycles. The summed E-state index contributed by atoms with van der Waals surface area (Å²) in [7, 11) is 0. The van der Waals surface area contributed by atoms with Crippen molar-refractivity contribution >= 4 is 34.2 Å². The van der Waals surface area contributed by atoms with Crippen LogP contribution in [0.25, 0.3) is 10.9 Å². The molecule has 1 fully saturated rings. The number of aromatic nitrogens is 2. The van der Waals surface area contributed by atoms with Gasteiger partial charge >= 0.3 is 0 Å². The predicted molar refractivity (Wildman–Crippen MR) is 105 cm³/mol. The van der Waals surface area contributed by atoms with Gasteiger partial charge in [0.05, 0.1) is 5.52 Å². The molecule has 27 heavy (non-hydrogen) atoms. The van der Waals surface area contributed by atoms with E-state index in [1.165, 1.54) is 0 Å². The number of H-pyrrole nitrogens is 1. The number of nitrogens with zero attached hydrogens (tertiary/aromatic N) is 1. The van der Waals surface area contributed by atoms with Gasteiger partial charge in [0.15, 0.2) is 5.82 Å². The van der Waals surface area contributed by atoms with E-state index in [-0.39, 0.29) is 17.7 Å². The van der Waals surface area contributed by atoms with Gasteiger partial charge in [0.2, 0.25) is 5.91 Å². The van der Waals surface area contributed by atoms with Gasteiger partial charge in [-0.25, -0.2) is 0 Å². The first-order chi connectivity index (χ1) is 13.2. The van der Waals surface area contributed by atoms with Gasteiger partial charge in [-0.1, -0.05) is 18.2 Å². The number of carbonyl (C=O) groups excluding carboxylic acids is 2. The summed E-state index contributed by atoms with van der Waals surface area (Å²) in [5.41, 5.74) is 2.05. The average molecular weight is 363 g/mol. The molecule has 2 aromatic carbocycles. The lowest BCUT2D eigenvalue weighted by Crippen LogP contribution is -2.34. The van der Waals surface area contributed by atoms with Crippen LogP contribution >= 0.6 is 0 Å². The van der Waals surface area contributed by atoms with Crippen molar-refractivity contribution in [1.82, 2.24) is 15.5 Å². The molecule has 2 heterocycles. The van der Waals surface area contributed by atoms with Crippen molar-refractivity contribution in [1.29, 1.82) is 0 Å². The lowest BCUT2D eigenvalue weighted by Gasteiger charge is -2.21. The standard InChI is InChI=1S/C20H21N5O2/c26-19(14-8-10-21-11-9-14)22-15-6-7-17-16(12-15)18(25-24-17)23-20(27)13-4-2-1-3-5-13/h1-7,12,14,21H,8-11H2,(H,22,26)(H2,23,24,25,27). The number of carbonyl (C=O) groups is 2. The number of nitrogens with one attached hydrogen (secondary N) is 4. The van der Waals surface area contributed by atoms with Crippen molar-refractivity contribution in [2.24, 2.45) is 5.92 Å². The molecule has 0 radical (unpaired) electrons. The third-order valence-corrected chi connectivity index (χ3v) is 4.81. The van der Waals surface area contributed by atoms with Crippen LogP contribution < -0.4 is 16.0 Å². The van der Waals surface area contributed by atoms with Crippen LogP contribution in [0.4, 0.5) is 11.5 Å². The fourth-order valence-corrected chi connectivity index (χ4v) is 3.28. The summed E-state index contributed by atoms with van der Waals surface area (Å²) in [6, 6.07) is 14.5. The van der Waals surface area contributed by atoms with Gasteiger partial charge in [-0.3, -0.25) is 14.7 Å². The normalized spacial score (nSPS) is 14.8. The second-order valence-corrected chi connectivity index (χ2v) is 6.67. The largest absolute Gasteiger partial charge is 0.326 e. The molecule has 0 spiro atoms. The molecular weight excluding hydrogens is 342 g/mol.